The molecule has 1 aliphatic heterocycles. The van der Waals surface area contributed by atoms with Gasteiger partial charge in [-0.05, 0) is 0 Å². The summed E-state index contributed by atoms with van der Waals surface area (Å²) in [5.41, 5.74) is 0. The van der Waals surface area contributed by atoms with Crippen LogP contribution in [-0.4, -0.2) is 37.8 Å². The van der Waals surface area contributed by atoms with Crippen LogP contribution in [0.2, 0.25) is 0 Å². The van der Waals surface area contributed by atoms with E-state index in [2.05, 4.69) is 0 Å². The van der Waals surface area contributed by atoms with Crippen molar-refractivity contribution >= 4 is 14.3 Å². The third-order valence-corrected chi connectivity index (χ3v) is 1.71. The molecule has 0 radical (unpaired) electrons. The van der Waals surface area contributed by atoms with E-state index in [1.54, 1.807) is 12.8 Å². The molecule has 1 aliphatic rings. The molecule has 0 aliphatic carbocycles. The molecule has 1 heterocycles. The standard InChI is InChI=1S/C5H9BFNO/c6-8-2-4(7)1-5(8)3-9/h3-5H,1-2,6H2/t4-,5-/m0/s1. The number of carbonyl (C=O) groups excluding carboxylic acids is 1. The summed E-state index contributed by atoms with van der Waals surface area (Å²) < 4.78 is 12.4. The van der Waals surface area contributed by atoms with Gasteiger partial charge in [-0.1, -0.05) is 0 Å². The molecular formula is C5H9BFNO. The SMILES string of the molecule is BN1C[C@@H](F)C[C@H]1C=O. The number of nitrogens with zero attached hydrogens (tertiary/aromatic N) is 1. The second kappa shape index (κ2) is 2.48. The van der Waals surface area contributed by atoms with E-state index in [0.717, 1.165) is 6.29 Å². The number of hydrogen-bond donors (Lipinski definition) is 0. The molecule has 0 N–H and O–H groups in total. The molecule has 1 rings (SSSR count). The van der Waals surface area contributed by atoms with Crippen LogP contribution in [0.25, 0.3) is 0 Å². The molecule has 4 heteroatoms. The minimum atomic E-state index is -0.801. The highest BCUT2D eigenvalue weighted by atomic mass is 19.1. The molecule has 0 amide bonds. The summed E-state index contributed by atoms with van der Waals surface area (Å²) in [5.74, 6) is 0. The topological polar surface area (TPSA) is 20.3 Å². The lowest BCUT2D eigenvalue weighted by Crippen LogP contribution is -2.27. The molecular weight excluding hydrogens is 120 g/mol. The van der Waals surface area contributed by atoms with Gasteiger partial charge >= 0.3 is 0 Å². The van der Waals surface area contributed by atoms with Gasteiger partial charge in [0.15, 0.2) is 7.98 Å². The van der Waals surface area contributed by atoms with Crippen molar-refractivity contribution in [3.05, 3.63) is 0 Å². The van der Waals surface area contributed by atoms with E-state index in [9.17, 15) is 9.18 Å². The summed E-state index contributed by atoms with van der Waals surface area (Å²) in [7, 11) is 1.76. The number of halogens is 1. The normalized spacial score (nSPS) is 37.0. The van der Waals surface area contributed by atoms with Crippen LogP contribution in [0, 0.1) is 0 Å². The molecule has 0 aromatic rings. The Morgan fingerprint density at radius 2 is 2.44 bits per heavy atom. The van der Waals surface area contributed by atoms with Crippen LogP contribution in [-0.2, 0) is 4.79 Å². The Balaban J connectivity index is 2.47. The van der Waals surface area contributed by atoms with Crippen molar-refractivity contribution in [2.24, 2.45) is 0 Å². The molecule has 9 heavy (non-hydrogen) atoms. The first-order valence-corrected chi connectivity index (χ1v) is 3.03. The molecule has 2 atom stereocenters. The molecule has 0 saturated carbocycles. The van der Waals surface area contributed by atoms with Crippen molar-refractivity contribution in [1.29, 1.82) is 0 Å². The predicted octanol–water partition coefficient (Wildman–Crippen LogP) is -0.854. The zero-order valence-corrected chi connectivity index (χ0v) is 5.38. The summed E-state index contributed by atoms with van der Waals surface area (Å²) in [6.45, 7) is 0.406. The van der Waals surface area contributed by atoms with Crippen LogP contribution in [0.15, 0.2) is 0 Å². The maximum Gasteiger partial charge on any atom is 0.186 e. The lowest BCUT2D eigenvalue weighted by atomic mass is 10.2. The zero-order chi connectivity index (χ0) is 6.85. The molecule has 1 fully saturated rings. The average molecular weight is 129 g/mol. The molecule has 2 nitrogen and oxygen atoms in total. The van der Waals surface area contributed by atoms with Gasteiger partial charge in [0, 0.05) is 13.0 Å². The van der Waals surface area contributed by atoms with Crippen LogP contribution in [0.3, 0.4) is 0 Å². The summed E-state index contributed by atoms with van der Waals surface area (Å²) in [6.07, 6.45) is 0.379. The third kappa shape index (κ3) is 1.30. The van der Waals surface area contributed by atoms with Crippen LogP contribution in [0.4, 0.5) is 4.39 Å². The highest BCUT2D eigenvalue weighted by Crippen LogP contribution is 2.15. The van der Waals surface area contributed by atoms with Gasteiger partial charge in [-0.25, -0.2) is 4.39 Å². The Morgan fingerprint density at radius 3 is 2.67 bits per heavy atom. The van der Waals surface area contributed by atoms with Gasteiger partial charge in [-0.2, -0.15) is 0 Å². The van der Waals surface area contributed by atoms with Crippen LogP contribution < -0.4 is 0 Å². The van der Waals surface area contributed by atoms with E-state index in [1.807, 2.05) is 0 Å². The zero-order valence-electron chi connectivity index (χ0n) is 5.38. The monoisotopic (exact) mass is 129 g/mol. The summed E-state index contributed by atoms with van der Waals surface area (Å²) in [5, 5.41) is 0. The number of hydrogen-bond acceptors (Lipinski definition) is 2. The lowest BCUT2D eigenvalue weighted by Gasteiger charge is -2.10. The maximum absolute atomic E-state index is 12.4. The first-order chi connectivity index (χ1) is 4.24. The van der Waals surface area contributed by atoms with Crippen LogP contribution >= 0.6 is 0 Å². The predicted molar refractivity (Wildman–Crippen MR) is 34.6 cm³/mol. The van der Waals surface area contributed by atoms with Crippen molar-refractivity contribution in [2.45, 2.75) is 18.6 Å². The van der Waals surface area contributed by atoms with Gasteiger partial charge in [0.05, 0.1) is 6.04 Å². The maximum atomic E-state index is 12.4. The van der Waals surface area contributed by atoms with Gasteiger partial charge in [0.2, 0.25) is 0 Å². The Bertz CT molecular complexity index is 122. The Morgan fingerprint density at radius 1 is 1.78 bits per heavy atom. The van der Waals surface area contributed by atoms with Crippen molar-refractivity contribution in [1.82, 2.24) is 4.81 Å². The van der Waals surface area contributed by atoms with E-state index in [4.69, 9.17) is 0 Å². The molecule has 0 bridgehead atoms. The Hall–Kier alpha value is -0.375. The Kier molecular flexibility index (Phi) is 1.85. The summed E-state index contributed by atoms with van der Waals surface area (Å²) in [4.78, 5) is 11.9. The fourth-order valence-corrected chi connectivity index (χ4v) is 1.12. The van der Waals surface area contributed by atoms with E-state index >= 15 is 0 Å². The first-order valence-electron chi connectivity index (χ1n) is 3.03. The molecule has 0 aromatic heterocycles. The molecule has 0 unspecified atom stereocenters. The molecule has 0 spiro atoms. The number of rotatable bonds is 1. The van der Waals surface area contributed by atoms with E-state index in [0.29, 0.717) is 13.0 Å². The number of carbonyl (C=O) groups is 1. The lowest BCUT2D eigenvalue weighted by molar-refractivity contribution is -0.110. The number of aldehydes is 1. The largest absolute Gasteiger partial charge is 0.338 e. The summed E-state index contributed by atoms with van der Waals surface area (Å²) >= 11 is 0. The Labute approximate surface area is 54.5 Å². The van der Waals surface area contributed by atoms with E-state index in [-0.39, 0.29) is 6.04 Å². The van der Waals surface area contributed by atoms with Crippen molar-refractivity contribution in [3.8, 4) is 0 Å². The molecule has 1 saturated heterocycles. The minimum Gasteiger partial charge on any atom is -0.338 e. The highest BCUT2D eigenvalue weighted by molar-refractivity contribution is 6.06. The fourth-order valence-electron chi connectivity index (χ4n) is 1.12. The van der Waals surface area contributed by atoms with E-state index in [1.165, 1.54) is 0 Å². The van der Waals surface area contributed by atoms with Crippen LogP contribution in [0.1, 0.15) is 6.42 Å². The first kappa shape index (κ1) is 6.74. The van der Waals surface area contributed by atoms with Crippen molar-refractivity contribution in [2.75, 3.05) is 6.54 Å². The van der Waals surface area contributed by atoms with Crippen LogP contribution in [0.5, 0.6) is 0 Å². The molecule has 0 aromatic carbocycles. The van der Waals surface area contributed by atoms with Gasteiger partial charge in [0.25, 0.3) is 0 Å². The smallest absolute Gasteiger partial charge is 0.186 e. The highest BCUT2D eigenvalue weighted by Gasteiger charge is 2.27. The quantitative estimate of drug-likeness (QED) is 0.339. The van der Waals surface area contributed by atoms with Crippen molar-refractivity contribution in [3.63, 3.8) is 0 Å². The second-order valence-corrected chi connectivity index (χ2v) is 2.48. The summed E-state index contributed by atoms with van der Waals surface area (Å²) in [6, 6.07) is -0.181. The van der Waals surface area contributed by atoms with Gasteiger partial charge < -0.3 is 9.61 Å². The molecule has 50 valence electrons. The van der Waals surface area contributed by atoms with Gasteiger partial charge in [-0.15, -0.1) is 0 Å². The fraction of sp³-hybridized carbons (Fsp3) is 0.800. The average Bonchev–Trinajstić information content (AvgIpc) is 2.10. The van der Waals surface area contributed by atoms with Gasteiger partial charge in [0.1, 0.15) is 12.5 Å². The van der Waals surface area contributed by atoms with Crippen molar-refractivity contribution < 1.29 is 9.18 Å². The second-order valence-electron chi connectivity index (χ2n) is 2.48. The number of alkyl halides is 1. The van der Waals surface area contributed by atoms with Gasteiger partial charge in [-0.3, -0.25) is 0 Å². The minimum absolute atomic E-state index is 0.181. The van der Waals surface area contributed by atoms with E-state index < -0.39 is 6.17 Å². The third-order valence-electron chi connectivity index (χ3n) is 1.71.